The molecule has 3 heteroatoms. The van der Waals surface area contributed by atoms with Gasteiger partial charge in [-0.2, -0.15) is 0 Å². The quantitative estimate of drug-likeness (QED) is 0.897. The first kappa shape index (κ1) is 13.8. The van der Waals surface area contributed by atoms with Gasteiger partial charge in [-0.1, -0.05) is 30.3 Å². The molecule has 110 valence electrons. The zero-order valence-electron chi connectivity index (χ0n) is 12.5. The van der Waals surface area contributed by atoms with Crippen LogP contribution in [-0.4, -0.2) is 20.3 Å². The lowest BCUT2D eigenvalue weighted by Gasteiger charge is -2.37. The van der Waals surface area contributed by atoms with Crippen molar-refractivity contribution < 1.29 is 9.47 Å². The molecule has 1 N–H and O–H groups in total. The van der Waals surface area contributed by atoms with E-state index in [1.54, 1.807) is 14.2 Å². The minimum Gasteiger partial charge on any atom is -0.497 e. The van der Waals surface area contributed by atoms with Crippen molar-refractivity contribution in [1.29, 1.82) is 0 Å². The summed E-state index contributed by atoms with van der Waals surface area (Å²) in [6.07, 6.45) is 2.31. The van der Waals surface area contributed by atoms with E-state index in [0.29, 0.717) is 12.0 Å². The van der Waals surface area contributed by atoms with Crippen LogP contribution in [0.1, 0.15) is 24.3 Å². The maximum atomic E-state index is 5.41. The average Bonchev–Trinajstić information content (AvgIpc) is 2.51. The summed E-state index contributed by atoms with van der Waals surface area (Å²) < 4.78 is 10.7. The third-order valence-corrected chi connectivity index (χ3v) is 4.18. The normalized spacial score (nSPS) is 20.5. The maximum absolute atomic E-state index is 5.41. The van der Waals surface area contributed by atoms with Gasteiger partial charge in [-0.25, -0.2) is 0 Å². The summed E-state index contributed by atoms with van der Waals surface area (Å²) >= 11 is 0. The first-order chi connectivity index (χ1) is 10.3. The van der Waals surface area contributed by atoms with Crippen LogP contribution in [0.25, 0.3) is 0 Å². The molecule has 21 heavy (non-hydrogen) atoms. The highest BCUT2D eigenvalue weighted by molar-refractivity contribution is 5.60. The number of hydrogen-bond acceptors (Lipinski definition) is 3. The number of anilines is 1. The van der Waals surface area contributed by atoms with Gasteiger partial charge < -0.3 is 14.8 Å². The zero-order valence-corrected chi connectivity index (χ0v) is 12.5. The molecule has 0 radical (unpaired) electrons. The van der Waals surface area contributed by atoms with Gasteiger partial charge in [0.15, 0.2) is 0 Å². The van der Waals surface area contributed by atoms with Gasteiger partial charge in [-0.15, -0.1) is 0 Å². The first-order valence-electron chi connectivity index (χ1n) is 7.33. The Hall–Kier alpha value is -2.16. The maximum Gasteiger partial charge on any atom is 0.142 e. The van der Waals surface area contributed by atoms with Crippen molar-refractivity contribution in [1.82, 2.24) is 0 Å². The summed E-state index contributed by atoms with van der Waals surface area (Å²) in [5.74, 6) is 2.37. The second-order valence-corrected chi connectivity index (χ2v) is 5.49. The van der Waals surface area contributed by atoms with Crippen LogP contribution in [0, 0.1) is 0 Å². The number of rotatable bonds is 5. The van der Waals surface area contributed by atoms with E-state index >= 15 is 0 Å². The second-order valence-electron chi connectivity index (χ2n) is 5.49. The number of nitrogens with one attached hydrogen (secondary N) is 1. The van der Waals surface area contributed by atoms with E-state index in [0.717, 1.165) is 30.0 Å². The third-order valence-electron chi connectivity index (χ3n) is 4.18. The van der Waals surface area contributed by atoms with E-state index < -0.39 is 0 Å². The van der Waals surface area contributed by atoms with Crippen molar-refractivity contribution in [3.05, 3.63) is 54.1 Å². The van der Waals surface area contributed by atoms with Crippen molar-refractivity contribution in [2.24, 2.45) is 0 Å². The number of hydrogen-bond donors (Lipinski definition) is 1. The molecule has 0 aliphatic heterocycles. The largest absolute Gasteiger partial charge is 0.497 e. The molecule has 0 bridgehead atoms. The molecule has 1 aliphatic carbocycles. The van der Waals surface area contributed by atoms with E-state index in [9.17, 15) is 0 Å². The highest BCUT2D eigenvalue weighted by atomic mass is 16.5. The van der Waals surface area contributed by atoms with Crippen molar-refractivity contribution in [3.8, 4) is 11.5 Å². The Morgan fingerprint density at radius 1 is 0.952 bits per heavy atom. The predicted octanol–water partition coefficient (Wildman–Crippen LogP) is 4.06. The molecule has 1 aliphatic rings. The van der Waals surface area contributed by atoms with Crippen LogP contribution in [0.4, 0.5) is 5.69 Å². The van der Waals surface area contributed by atoms with Crippen molar-refractivity contribution in [2.75, 3.05) is 19.5 Å². The summed E-state index contributed by atoms with van der Waals surface area (Å²) in [7, 11) is 3.38. The van der Waals surface area contributed by atoms with Gasteiger partial charge in [0.2, 0.25) is 0 Å². The van der Waals surface area contributed by atoms with Gasteiger partial charge >= 0.3 is 0 Å². The van der Waals surface area contributed by atoms with Gasteiger partial charge in [-0.3, -0.25) is 0 Å². The summed E-state index contributed by atoms with van der Waals surface area (Å²) in [5.41, 5.74) is 2.45. The third kappa shape index (κ3) is 2.97. The van der Waals surface area contributed by atoms with Gasteiger partial charge in [0.25, 0.3) is 0 Å². The fourth-order valence-electron chi connectivity index (χ4n) is 2.88. The highest BCUT2D eigenvalue weighted by Crippen LogP contribution is 2.40. The molecule has 3 nitrogen and oxygen atoms in total. The molecule has 0 amide bonds. The molecule has 2 aromatic rings. The van der Waals surface area contributed by atoms with Gasteiger partial charge in [-0.05, 0) is 36.5 Å². The molecule has 0 saturated heterocycles. The van der Waals surface area contributed by atoms with Crippen LogP contribution >= 0.6 is 0 Å². The lowest BCUT2D eigenvalue weighted by Crippen LogP contribution is -2.34. The number of ether oxygens (including phenoxy) is 2. The summed E-state index contributed by atoms with van der Waals surface area (Å²) in [6, 6.07) is 17.1. The van der Waals surface area contributed by atoms with Crippen LogP contribution in [0.3, 0.4) is 0 Å². The lowest BCUT2D eigenvalue weighted by molar-refractivity contribution is 0.369. The monoisotopic (exact) mass is 283 g/mol. The molecule has 0 unspecified atom stereocenters. The SMILES string of the molecule is COc1ccc(OC)c(NC2CC(c3ccccc3)C2)c1. The Bertz CT molecular complexity index is 591. The molecule has 3 rings (SSSR count). The minimum absolute atomic E-state index is 0.496. The van der Waals surface area contributed by atoms with Crippen LogP contribution in [0.15, 0.2) is 48.5 Å². The standard InChI is InChI=1S/C18H21NO2/c1-20-16-8-9-18(21-2)17(12-16)19-15-10-14(11-15)13-6-4-3-5-7-13/h3-9,12,14-15,19H,10-11H2,1-2H3. The summed E-state index contributed by atoms with van der Waals surface area (Å²) in [5, 5.41) is 3.57. The second kappa shape index (κ2) is 6.08. The molecule has 0 spiro atoms. The molecule has 0 heterocycles. The Kier molecular flexibility index (Phi) is 4.00. The van der Waals surface area contributed by atoms with Crippen LogP contribution in [0.5, 0.6) is 11.5 Å². The predicted molar refractivity (Wildman–Crippen MR) is 85.4 cm³/mol. The topological polar surface area (TPSA) is 30.5 Å². The van der Waals surface area contributed by atoms with E-state index in [1.165, 1.54) is 5.56 Å². The van der Waals surface area contributed by atoms with Gasteiger partial charge in [0.1, 0.15) is 11.5 Å². The minimum atomic E-state index is 0.496. The molecule has 0 aromatic heterocycles. The van der Waals surface area contributed by atoms with Crippen LogP contribution < -0.4 is 14.8 Å². The smallest absolute Gasteiger partial charge is 0.142 e. The summed E-state index contributed by atoms with van der Waals surface area (Å²) in [4.78, 5) is 0. The van der Waals surface area contributed by atoms with E-state index in [2.05, 4.69) is 35.6 Å². The molecule has 1 saturated carbocycles. The van der Waals surface area contributed by atoms with Crippen molar-refractivity contribution >= 4 is 5.69 Å². The Balaban J connectivity index is 1.64. The number of methoxy groups -OCH3 is 2. The van der Waals surface area contributed by atoms with Crippen molar-refractivity contribution in [2.45, 2.75) is 24.8 Å². The Labute approximate surface area is 125 Å². The van der Waals surface area contributed by atoms with Crippen LogP contribution in [0.2, 0.25) is 0 Å². The molecule has 2 aromatic carbocycles. The molecular formula is C18H21NO2. The Morgan fingerprint density at radius 3 is 2.38 bits per heavy atom. The molecule has 1 fully saturated rings. The first-order valence-corrected chi connectivity index (χ1v) is 7.33. The van der Waals surface area contributed by atoms with Crippen LogP contribution in [-0.2, 0) is 0 Å². The fourth-order valence-corrected chi connectivity index (χ4v) is 2.88. The molecular weight excluding hydrogens is 262 g/mol. The zero-order chi connectivity index (χ0) is 14.7. The fraction of sp³-hybridized carbons (Fsp3) is 0.333. The van der Waals surface area contributed by atoms with E-state index in [4.69, 9.17) is 9.47 Å². The van der Waals surface area contributed by atoms with Crippen molar-refractivity contribution in [3.63, 3.8) is 0 Å². The highest BCUT2D eigenvalue weighted by Gasteiger charge is 2.30. The average molecular weight is 283 g/mol. The summed E-state index contributed by atoms with van der Waals surface area (Å²) in [6.45, 7) is 0. The van der Waals surface area contributed by atoms with E-state index in [1.807, 2.05) is 18.2 Å². The van der Waals surface area contributed by atoms with Gasteiger partial charge in [0, 0.05) is 12.1 Å². The Morgan fingerprint density at radius 2 is 1.71 bits per heavy atom. The number of benzene rings is 2. The molecule has 0 atom stereocenters. The lowest BCUT2D eigenvalue weighted by atomic mass is 9.76. The van der Waals surface area contributed by atoms with Gasteiger partial charge in [0.05, 0.1) is 19.9 Å². The van der Waals surface area contributed by atoms with E-state index in [-0.39, 0.29) is 0 Å².